The molecule has 0 saturated heterocycles. The van der Waals surface area contributed by atoms with Crippen molar-refractivity contribution < 1.29 is 19.4 Å². The molecule has 0 radical (unpaired) electrons. The molecule has 1 aromatic rings. The molecule has 0 aliphatic rings. The SMILES string of the molecule is CCCN(CC(=O)O)C(=O)CNc1ccccc1OC. The number of nitrogens with zero attached hydrogens (tertiary/aromatic N) is 1. The average molecular weight is 280 g/mol. The third-order valence-corrected chi connectivity index (χ3v) is 2.71. The van der Waals surface area contributed by atoms with E-state index in [-0.39, 0.29) is 19.0 Å². The Bertz CT molecular complexity index is 462. The lowest BCUT2D eigenvalue weighted by Gasteiger charge is -2.20. The zero-order valence-corrected chi connectivity index (χ0v) is 11.8. The minimum atomic E-state index is -1.01. The Kier molecular flexibility index (Phi) is 6.36. The van der Waals surface area contributed by atoms with Crippen molar-refractivity contribution in [2.75, 3.05) is 32.1 Å². The maximum absolute atomic E-state index is 12.0. The van der Waals surface area contributed by atoms with Crippen LogP contribution in [-0.2, 0) is 9.59 Å². The van der Waals surface area contributed by atoms with Crippen LogP contribution in [0.3, 0.4) is 0 Å². The Morgan fingerprint density at radius 2 is 2.05 bits per heavy atom. The molecule has 0 atom stereocenters. The van der Waals surface area contributed by atoms with Gasteiger partial charge in [0.2, 0.25) is 5.91 Å². The monoisotopic (exact) mass is 280 g/mol. The van der Waals surface area contributed by atoms with Crippen LogP contribution in [0.15, 0.2) is 24.3 Å². The third-order valence-electron chi connectivity index (χ3n) is 2.71. The molecule has 1 aromatic carbocycles. The van der Waals surface area contributed by atoms with Gasteiger partial charge in [-0.3, -0.25) is 9.59 Å². The molecule has 110 valence electrons. The Labute approximate surface area is 118 Å². The molecule has 20 heavy (non-hydrogen) atoms. The summed E-state index contributed by atoms with van der Waals surface area (Å²) in [6, 6.07) is 7.25. The van der Waals surface area contributed by atoms with Crippen LogP contribution in [0.4, 0.5) is 5.69 Å². The highest BCUT2D eigenvalue weighted by atomic mass is 16.5. The van der Waals surface area contributed by atoms with E-state index in [2.05, 4.69) is 5.32 Å². The summed E-state index contributed by atoms with van der Waals surface area (Å²) in [6.07, 6.45) is 0.716. The van der Waals surface area contributed by atoms with Crippen LogP contribution >= 0.6 is 0 Å². The number of anilines is 1. The zero-order chi connectivity index (χ0) is 15.0. The number of ether oxygens (including phenoxy) is 1. The van der Waals surface area contributed by atoms with Crippen molar-refractivity contribution in [3.63, 3.8) is 0 Å². The molecule has 0 aliphatic carbocycles. The van der Waals surface area contributed by atoms with Gasteiger partial charge in [0.15, 0.2) is 0 Å². The molecule has 0 spiro atoms. The predicted molar refractivity (Wildman–Crippen MR) is 76.0 cm³/mol. The maximum Gasteiger partial charge on any atom is 0.323 e. The van der Waals surface area contributed by atoms with E-state index in [1.165, 1.54) is 4.90 Å². The van der Waals surface area contributed by atoms with Gasteiger partial charge in [-0.1, -0.05) is 19.1 Å². The number of carboxylic acids is 1. The van der Waals surface area contributed by atoms with Crippen molar-refractivity contribution in [3.05, 3.63) is 24.3 Å². The molecular weight excluding hydrogens is 260 g/mol. The molecule has 0 fully saturated rings. The summed E-state index contributed by atoms with van der Waals surface area (Å²) in [5.74, 6) is -0.621. The second-order valence-electron chi connectivity index (χ2n) is 4.26. The molecule has 0 bridgehead atoms. The number of rotatable bonds is 8. The number of para-hydroxylation sites is 2. The molecule has 0 aliphatic heterocycles. The molecule has 6 heteroatoms. The minimum Gasteiger partial charge on any atom is -0.495 e. The van der Waals surface area contributed by atoms with Crippen molar-refractivity contribution in [2.45, 2.75) is 13.3 Å². The first-order valence-electron chi connectivity index (χ1n) is 6.45. The third kappa shape index (κ3) is 4.79. The highest BCUT2D eigenvalue weighted by Gasteiger charge is 2.15. The molecule has 1 rings (SSSR count). The van der Waals surface area contributed by atoms with Crippen LogP contribution in [0.1, 0.15) is 13.3 Å². The number of hydrogen-bond donors (Lipinski definition) is 2. The van der Waals surface area contributed by atoms with Gasteiger partial charge in [0.05, 0.1) is 19.3 Å². The second-order valence-corrected chi connectivity index (χ2v) is 4.26. The normalized spacial score (nSPS) is 9.90. The molecule has 0 heterocycles. The van der Waals surface area contributed by atoms with Gasteiger partial charge in [0.1, 0.15) is 12.3 Å². The fourth-order valence-corrected chi connectivity index (χ4v) is 1.80. The summed E-state index contributed by atoms with van der Waals surface area (Å²) in [7, 11) is 1.55. The van der Waals surface area contributed by atoms with Gasteiger partial charge in [-0.05, 0) is 18.6 Å². The minimum absolute atomic E-state index is 0.0354. The number of benzene rings is 1. The summed E-state index contributed by atoms with van der Waals surface area (Å²) in [6.45, 7) is 2.09. The van der Waals surface area contributed by atoms with Crippen molar-refractivity contribution in [1.29, 1.82) is 0 Å². The molecule has 0 unspecified atom stereocenters. The van der Waals surface area contributed by atoms with Crippen LogP contribution in [-0.4, -0.2) is 48.6 Å². The van der Waals surface area contributed by atoms with Gasteiger partial charge in [-0.15, -0.1) is 0 Å². The van der Waals surface area contributed by atoms with Gasteiger partial charge in [-0.25, -0.2) is 0 Å². The van der Waals surface area contributed by atoms with E-state index < -0.39 is 5.97 Å². The fraction of sp³-hybridized carbons (Fsp3) is 0.429. The van der Waals surface area contributed by atoms with Crippen molar-refractivity contribution in [2.24, 2.45) is 0 Å². The number of nitrogens with one attached hydrogen (secondary N) is 1. The predicted octanol–water partition coefficient (Wildman–Crippen LogP) is 1.43. The van der Waals surface area contributed by atoms with E-state index in [4.69, 9.17) is 9.84 Å². The van der Waals surface area contributed by atoms with Gasteiger partial charge < -0.3 is 20.1 Å². The largest absolute Gasteiger partial charge is 0.495 e. The van der Waals surface area contributed by atoms with E-state index in [0.29, 0.717) is 24.4 Å². The summed E-state index contributed by atoms with van der Waals surface area (Å²) in [5.41, 5.74) is 0.704. The smallest absolute Gasteiger partial charge is 0.323 e. The standard InChI is InChI=1S/C14H20N2O4/c1-3-8-16(10-14(18)19)13(17)9-15-11-6-4-5-7-12(11)20-2/h4-7,15H,3,8-10H2,1-2H3,(H,18,19). The van der Waals surface area contributed by atoms with E-state index in [1.807, 2.05) is 19.1 Å². The van der Waals surface area contributed by atoms with Crippen LogP contribution in [0.25, 0.3) is 0 Å². The molecule has 1 amide bonds. The van der Waals surface area contributed by atoms with Crippen LogP contribution < -0.4 is 10.1 Å². The van der Waals surface area contributed by atoms with Gasteiger partial charge in [0.25, 0.3) is 0 Å². The first-order chi connectivity index (χ1) is 9.58. The van der Waals surface area contributed by atoms with E-state index in [1.54, 1.807) is 19.2 Å². The summed E-state index contributed by atoms with van der Waals surface area (Å²) >= 11 is 0. The maximum atomic E-state index is 12.0. The van der Waals surface area contributed by atoms with Gasteiger partial charge in [0, 0.05) is 6.54 Å². The summed E-state index contributed by atoms with van der Waals surface area (Å²) < 4.78 is 5.17. The van der Waals surface area contributed by atoms with Crippen LogP contribution in [0, 0.1) is 0 Å². The number of carbonyl (C=O) groups excluding carboxylic acids is 1. The number of carboxylic acid groups (broad SMARTS) is 1. The van der Waals surface area contributed by atoms with E-state index >= 15 is 0 Å². The van der Waals surface area contributed by atoms with Gasteiger partial charge >= 0.3 is 5.97 Å². The van der Waals surface area contributed by atoms with Crippen molar-refractivity contribution in [3.8, 4) is 5.75 Å². The number of aliphatic carboxylic acids is 1. The summed E-state index contributed by atoms with van der Waals surface area (Å²) in [4.78, 5) is 24.1. The Hall–Kier alpha value is -2.24. The topological polar surface area (TPSA) is 78.9 Å². The first-order valence-corrected chi connectivity index (χ1v) is 6.45. The quantitative estimate of drug-likeness (QED) is 0.753. The first kappa shape index (κ1) is 15.8. The Balaban J connectivity index is 2.62. The molecule has 0 saturated carbocycles. The Morgan fingerprint density at radius 3 is 2.65 bits per heavy atom. The number of hydrogen-bond acceptors (Lipinski definition) is 4. The van der Waals surface area contributed by atoms with Crippen molar-refractivity contribution >= 4 is 17.6 Å². The number of carbonyl (C=O) groups is 2. The highest BCUT2D eigenvalue weighted by molar-refractivity contribution is 5.84. The van der Waals surface area contributed by atoms with Crippen molar-refractivity contribution in [1.82, 2.24) is 4.90 Å². The summed E-state index contributed by atoms with van der Waals surface area (Å²) in [5, 5.41) is 11.8. The highest BCUT2D eigenvalue weighted by Crippen LogP contribution is 2.22. The Morgan fingerprint density at radius 1 is 1.35 bits per heavy atom. The lowest BCUT2D eigenvalue weighted by Crippen LogP contribution is -2.39. The zero-order valence-electron chi connectivity index (χ0n) is 11.8. The number of methoxy groups -OCH3 is 1. The molecular formula is C14H20N2O4. The average Bonchev–Trinajstić information content (AvgIpc) is 2.44. The van der Waals surface area contributed by atoms with E-state index in [0.717, 1.165) is 0 Å². The van der Waals surface area contributed by atoms with Crippen LogP contribution in [0.2, 0.25) is 0 Å². The molecule has 2 N–H and O–H groups in total. The molecule has 0 aromatic heterocycles. The lowest BCUT2D eigenvalue weighted by molar-refractivity contribution is -0.143. The van der Waals surface area contributed by atoms with Gasteiger partial charge in [-0.2, -0.15) is 0 Å². The lowest BCUT2D eigenvalue weighted by atomic mass is 10.3. The van der Waals surface area contributed by atoms with E-state index in [9.17, 15) is 9.59 Å². The van der Waals surface area contributed by atoms with Crippen LogP contribution in [0.5, 0.6) is 5.75 Å². The second kappa shape index (κ2) is 8.04. The fourth-order valence-electron chi connectivity index (χ4n) is 1.80. The number of amides is 1. The molecule has 6 nitrogen and oxygen atoms in total.